The van der Waals surface area contributed by atoms with E-state index in [1.165, 1.54) is 25.9 Å². The van der Waals surface area contributed by atoms with E-state index in [9.17, 15) is 0 Å². The Hall–Kier alpha value is -3.26. The summed E-state index contributed by atoms with van der Waals surface area (Å²) in [5.74, 6) is 0.969. The average molecular weight is 494 g/mol. The molecule has 3 aromatic rings. The fourth-order valence-corrected chi connectivity index (χ4v) is 4.28. The van der Waals surface area contributed by atoms with Gasteiger partial charge in [-0.2, -0.15) is 0 Å². The quantitative estimate of drug-likeness (QED) is 0.162. The Balaban J connectivity index is 1.33. The smallest absolute Gasteiger partial charge is 0.198 e. The summed E-state index contributed by atoms with van der Waals surface area (Å²) in [6.07, 6.45) is 2.61. The summed E-state index contributed by atoms with van der Waals surface area (Å²) in [6.45, 7) is 4.74. The number of likely N-dealkylation sites (tertiary alicyclic amines) is 1. The molecule has 0 radical (unpaired) electrons. The number of nitrogens with two attached hydrogens (primary N) is 2. The van der Waals surface area contributed by atoms with E-state index in [0.717, 1.165) is 41.3 Å². The molecule has 1 fully saturated rings. The third-order valence-corrected chi connectivity index (χ3v) is 6.33. The van der Waals surface area contributed by atoms with Crippen molar-refractivity contribution in [1.82, 2.24) is 4.90 Å². The summed E-state index contributed by atoms with van der Waals surface area (Å²) in [4.78, 5) is 6.88. The van der Waals surface area contributed by atoms with E-state index in [1.54, 1.807) is 13.2 Å². The molecule has 35 heavy (non-hydrogen) atoms. The van der Waals surface area contributed by atoms with Crippen LogP contribution in [0.2, 0.25) is 5.02 Å². The van der Waals surface area contributed by atoms with Crippen LogP contribution in [0.15, 0.2) is 65.7 Å². The van der Waals surface area contributed by atoms with Gasteiger partial charge in [-0.05, 0) is 79.5 Å². The summed E-state index contributed by atoms with van der Waals surface area (Å²) < 4.78 is 11.1. The van der Waals surface area contributed by atoms with Gasteiger partial charge >= 0.3 is 0 Å². The van der Waals surface area contributed by atoms with Crippen LogP contribution >= 0.6 is 11.6 Å². The zero-order valence-corrected chi connectivity index (χ0v) is 20.7. The molecule has 1 heterocycles. The molecule has 0 amide bonds. The number of benzene rings is 3. The molecule has 0 spiro atoms. The Kier molecular flexibility index (Phi) is 8.47. The summed E-state index contributed by atoms with van der Waals surface area (Å²) >= 11 is 6.36. The predicted octanol–water partition coefficient (Wildman–Crippen LogP) is 5.27. The van der Waals surface area contributed by atoms with E-state index in [-0.39, 0.29) is 5.96 Å². The molecule has 0 bridgehead atoms. The van der Waals surface area contributed by atoms with Gasteiger partial charge in [-0.25, -0.2) is 4.99 Å². The van der Waals surface area contributed by atoms with Crippen molar-refractivity contribution < 1.29 is 9.47 Å². The van der Waals surface area contributed by atoms with E-state index in [1.807, 2.05) is 54.6 Å². The number of ether oxygens (including phenoxy) is 2. The Morgan fingerprint density at radius 1 is 1.06 bits per heavy atom. The zero-order chi connectivity index (χ0) is 24.6. The molecule has 0 aliphatic carbocycles. The Bertz CT molecular complexity index is 1160. The normalized spacial score (nSPS) is 14.3. The van der Waals surface area contributed by atoms with Crippen LogP contribution in [0.4, 0.5) is 17.1 Å². The predicted molar refractivity (Wildman–Crippen MR) is 145 cm³/mol. The second kappa shape index (κ2) is 11.9. The van der Waals surface area contributed by atoms with Crippen LogP contribution in [0.1, 0.15) is 18.4 Å². The van der Waals surface area contributed by atoms with Gasteiger partial charge in [0.1, 0.15) is 5.75 Å². The number of halogens is 1. The highest BCUT2D eigenvalue weighted by molar-refractivity contribution is 6.33. The number of anilines is 2. The third-order valence-electron chi connectivity index (χ3n) is 6.00. The lowest BCUT2D eigenvalue weighted by atomic mass is 10.0. The maximum Gasteiger partial charge on any atom is 0.198 e. The number of nitrogens with one attached hydrogen (secondary N) is 1. The highest BCUT2D eigenvalue weighted by Crippen LogP contribution is 2.35. The summed E-state index contributed by atoms with van der Waals surface area (Å²) in [5.41, 5.74) is 17.1. The summed E-state index contributed by atoms with van der Waals surface area (Å²) in [6, 6.07) is 19.0. The Labute approximate surface area is 211 Å². The fraction of sp³-hybridized carbons (Fsp3) is 0.296. The number of aliphatic imine (C=N–C) groups is 1. The second-order valence-corrected chi connectivity index (χ2v) is 8.95. The number of rotatable bonds is 9. The summed E-state index contributed by atoms with van der Waals surface area (Å²) in [7, 11) is 1.62. The molecule has 8 heteroatoms. The molecule has 1 aliphatic heterocycles. The van der Waals surface area contributed by atoms with Gasteiger partial charge in [-0.3, -0.25) is 0 Å². The second-order valence-electron chi connectivity index (χ2n) is 8.54. The van der Waals surface area contributed by atoms with Gasteiger partial charge < -0.3 is 31.2 Å². The zero-order valence-electron chi connectivity index (χ0n) is 20.0. The van der Waals surface area contributed by atoms with E-state index in [0.29, 0.717) is 23.0 Å². The van der Waals surface area contributed by atoms with Gasteiger partial charge in [0.15, 0.2) is 5.96 Å². The van der Waals surface area contributed by atoms with Crippen LogP contribution in [-0.2, 0) is 11.3 Å². The van der Waals surface area contributed by atoms with Crippen LogP contribution in [0.3, 0.4) is 0 Å². The van der Waals surface area contributed by atoms with Crippen LogP contribution in [0.5, 0.6) is 5.75 Å². The fourth-order valence-electron chi connectivity index (χ4n) is 4.06. The molecule has 0 aromatic heterocycles. The lowest BCUT2D eigenvalue weighted by Crippen LogP contribution is -2.23. The monoisotopic (exact) mass is 493 g/mol. The van der Waals surface area contributed by atoms with Gasteiger partial charge in [-0.15, -0.1) is 0 Å². The highest BCUT2D eigenvalue weighted by Gasteiger charge is 2.11. The molecule has 3 aromatic carbocycles. The first-order valence-electron chi connectivity index (χ1n) is 11.8. The minimum atomic E-state index is 0.249. The van der Waals surface area contributed by atoms with E-state index in [4.69, 9.17) is 32.5 Å². The standard InChI is InChI=1S/C27H32ClN5O2/c1-34-22-9-10-24(28)23(17-22)20-6-11-26(25(29)16-20)32-27(30)31-21-7-4-19(5-8-21)18-35-15-14-33-12-2-3-13-33/h4-11,16-17H,2-3,12-15,18,29H2,1H3,(H3,30,31,32). The van der Waals surface area contributed by atoms with Gasteiger partial charge in [0.25, 0.3) is 0 Å². The van der Waals surface area contributed by atoms with Gasteiger partial charge in [0, 0.05) is 22.8 Å². The molecular weight excluding hydrogens is 462 g/mol. The number of nitrogens with zero attached hydrogens (tertiary/aromatic N) is 2. The number of methoxy groups -OCH3 is 1. The number of hydrogen-bond donors (Lipinski definition) is 3. The summed E-state index contributed by atoms with van der Waals surface area (Å²) in [5, 5.41) is 3.72. The lowest BCUT2D eigenvalue weighted by molar-refractivity contribution is 0.0992. The molecular formula is C27H32ClN5O2. The minimum Gasteiger partial charge on any atom is -0.497 e. The first-order chi connectivity index (χ1) is 17.0. The van der Waals surface area contributed by atoms with Crippen molar-refractivity contribution in [3.63, 3.8) is 0 Å². The largest absolute Gasteiger partial charge is 0.497 e. The number of guanidine groups is 1. The average Bonchev–Trinajstić information content (AvgIpc) is 3.38. The lowest BCUT2D eigenvalue weighted by Gasteiger charge is -2.14. The molecule has 1 saturated heterocycles. The van der Waals surface area contributed by atoms with E-state index in [2.05, 4.69) is 15.2 Å². The molecule has 5 N–H and O–H groups in total. The van der Waals surface area contributed by atoms with E-state index >= 15 is 0 Å². The first-order valence-corrected chi connectivity index (χ1v) is 12.1. The molecule has 7 nitrogen and oxygen atoms in total. The van der Waals surface area contributed by atoms with Crippen LogP contribution in [0.25, 0.3) is 11.1 Å². The van der Waals surface area contributed by atoms with Crippen molar-refractivity contribution in [2.24, 2.45) is 10.7 Å². The minimum absolute atomic E-state index is 0.249. The molecule has 4 rings (SSSR count). The highest BCUT2D eigenvalue weighted by atomic mass is 35.5. The maximum atomic E-state index is 6.36. The van der Waals surface area contributed by atoms with Crippen molar-refractivity contribution in [2.45, 2.75) is 19.4 Å². The topological polar surface area (TPSA) is 98.1 Å². The van der Waals surface area contributed by atoms with Crippen molar-refractivity contribution >= 4 is 34.6 Å². The van der Waals surface area contributed by atoms with Gasteiger partial charge in [-0.1, -0.05) is 29.8 Å². The van der Waals surface area contributed by atoms with Crippen molar-refractivity contribution in [3.05, 3.63) is 71.2 Å². The van der Waals surface area contributed by atoms with Gasteiger partial charge in [0.2, 0.25) is 0 Å². The first kappa shape index (κ1) is 24.9. The van der Waals surface area contributed by atoms with Crippen LogP contribution in [0, 0.1) is 0 Å². The van der Waals surface area contributed by atoms with E-state index < -0.39 is 0 Å². The Morgan fingerprint density at radius 2 is 1.83 bits per heavy atom. The van der Waals surface area contributed by atoms with Crippen LogP contribution < -0.4 is 21.5 Å². The van der Waals surface area contributed by atoms with Crippen molar-refractivity contribution in [1.29, 1.82) is 0 Å². The van der Waals surface area contributed by atoms with Gasteiger partial charge in [0.05, 0.1) is 31.7 Å². The molecule has 184 valence electrons. The molecule has 0 saturated carbocycles. The third kappa shape index (κ3) is 6.88. The maximum absolute atomic E-state index is 6.36. The molecule has 0 unspecified atom stereocenters. The number of nitrogen functional groups attached to an aromatic ring is 1. The van der Waals surface area contributed by atoms with Crippen molar-refractivity contribution in [2.75, 3.05) is 44.4 Å². The van der Waals surface area contributed by atoms with Crippen LogP contribution in [-0.4, -0.2) is 44.2 Å². The SMILES string of the molecule is COc1ccc(Cl)c(-c2ccc(N=C(N)Nc3ccc(COCCN4CCCC4)cc3)c(N)c2)c1. The van der Waals surface area contributed by atoms with Crippen molar-refractivity contribution in [3.8, 4) is 16.9 Å². The molecule has 1 aliphatic rings. The molecule has 0 atom stereocenters. The Morgan fingerprint density at radius 3 is 2.54 bits per heavy atom. The number of hydrogen-bond acceptors (Lipinski definition) is 5.